The number of nitrogens with zero attached hydrogens (tertiary/aromatic N) is 7. The molecule has 3 aromatic carbocycles. The van der Waals surface area contributed by atoms with Gasteiger partial charge in [0.15, 0.2) is 35.6 Å². The molecule has 4 heterocycles. The lowest BCUT2D eigenvalue weighted by molar-refractivity contribution is -0.121. The number of phenolic OH excluding ortho intramolecular Hbond substituents is 2. The number of carbonyl (C=O) groups excluding carboxylic acids is 4. The van der Waals surface area contributed by atoms with E-state index in [1.54, 1.807) is 57.6 Å². The average molecular weight is 1490 g/mol. The van der Waals surface area contributed by atoms with Gasteiger partial charge in [0.25, 0.3) is 11.1 Å². The number of halogens is 3. The number of imide groups is 1. The molecule has 19 nitrogen and oxygen atoms in total. The summed E-state index contributed by atoms with van der Waals surface area (Å²) in [5.41, 5.74) is 21.7. The summed E-state index contributed by atoms with van der Waals surface area (Å²) in [5.74, 6) is 63.3. The second-order valence-electron chi connectivity index (χ2n) is 17.4. The zero-order chi connectivity index (χ0) is 68.8. The number of terminal acetylenes is 1. The van der Waals surface area contributed by atoms with Crippen molar-refractivity contribution in [3.8, 4) is 183 Å². The zero-order valence-corrected chi connectivity index (χ0v) is 55.7. The summed E-state index contributed by atoms with van der Waals surface area (Å²) < 4.78 is 19.1. The second kappa shape index (κ2) is 43.4. The second-order valence-corrected chi connectivity index (χ2v) is 21.0. The van der Waals surface area contributed by atoms with Gasteiger partial charge in [0.05, 0.1) is 21.6 Å². The fraction of sp³-hybridized carbons (Fsp3) is 0.151. The number of aryl methyl sites for hydroxylation is 1. The molecule has 3 atom stereocenters. The van der Waals surface area contributed by atoms with E-state index in [2.05, 4.69) is 226 Å². The number of rotatable bonds is 12. The van der Waals surface area contributed by atoms with Crippen LogP contribution in [0.15, 0.2) is 92.3 Å². The van der Waals surface area contributed by atoms with E-state index in [1.807, 2.05) is 19.9 Å². The standard InChI is InChI=1S/C27H4.C17H15BrN4O4S.C14H14BrN3O2.C13H12BrN3O3.2CH4.H2/c1-3-5-7-9-11-13-15-17-19-21-23-25-27-26-24-22-20-18-16-14-12-10-8-6-4-2;1-8(10-6-20-7-21-15(10)19)26-13-3-9(11(18)5-12(13)23)4-14-16(24)22(2)17(25)27-14;1-8-3-12(15)10(6-19)4-13(8)20-9(2)11-5-17-7-18-14(11)16;1-7(9-4-16-6-17-13(9)15)20-12-2-8(5-18)10(14)3-11(12)19;;;/h1H,2H3;3-8,23H,1-2H3,(H2,19,20,21);3-7,9H,1-2H3,(H2,16,17,18);2-7,19H,1H3,(H2,15,16,17);2*1H4;1H/b;14-4-;;;;;/i;;;;;;1+1. The summed E-state index contributed by atoms with van der Waals surface area (Å²) in [7, 11) is 1.42. The number of ether oxygens (including phenoxy) is 3. The Balaban J connectivity index is 0.000000646. The minimum atomic E-state index is -0.519. The van der Waals surface area contributed by atoms with E-state index in [4.69, 9.17) is 37.8 Å². The topological polar surface area (TPSA) is 295 Å². The summed E-state index contributed by atoms with van der Waals surface area (Å²) in [5, 5.41) is 19.7. The van der Waals surface area contributed by atoms with Gasteiger partial charge in [0.2, 0.25) is 0 Å². The van der Waals surface area contributed by atoms with Gasteiger partial charge in [-0.15, -0.1) is 6.42 Å². The van der Waals surface area contributed by atoms with Crippen LogP contribution >= 0.6 is 59.6 Å². The predicted molar refractivity (Wildman–Crippen MR) is 385 cm³/mol. The maximum atomic E-state index is 12.1. The molecule has 23 heteroatoms. The lowest BCUT2D eigenvalue weighted by atomic mass is 10.1. The number of benzene rings is 3. The molecule has 96 heavy (non-hydrogen) atoms. The van der Waals surface area contributed by atoms with Crippen LogP contribution in [0.3, 0.4) is 0 Å². The highest BCUT2D eigenvalue weighted by Crippen LogP contribution is 2.40. The molecule has 0 saturated carbocycles. The number of likely N-dealkylation sites (N-methyl/N-ethyl adjacent to an activating group) is 1. The number of hydrogen-bond donors (Lipinski definition) is 5. The van der Waals surface area contributed by atoms with E-state index in [9.17, 15) is 29.4 Å². The first kappa shape index (κ1) is 79.7. The van der Waals surface area contributed by atoms with Crippen molar-refractivity contribution in [3.63, 3.8) is 0 Å². The number of anilines is 3. The molecule has 3 aromatic heterocycles. The first-order chi connectivity index (χ1) is 45.2. The average Bonchev–Trinajstić information content (AvgIpc) is 1.81. The molecule has 1 fully saturated rings. The monoisotopic (exact) mass is 1490 g/mol. The van der Waals surface area contributed by atoms with Crippen LogP contribution in [0.2, 0.25) is 0 Å². The highest BCUT2D eigenvalue weighted by Gasteiger charge is 2.32. The van der Waals surface area contributed by atoms with E-state index in [1.165, 1.54) is 44.2 Å². The van der Waals surface area contributed by atoms with Crippen LogP contribution in [-0.2, 0) is 4.79 Å². The lowest BCUT2D eigenvalue weighted by Crippen LogP contribution is -2.22. The van der Waals surface area contributed by atoms with E-state index in [-0.39, 0.29) is 67.3 Å². The number of thioether (sulfide) groups is 1. The first-order valence-corrected chi connectivity index (χ1v) is 29.4. The molecular formula is C73H55Br3N10O9S. The quantitative estimate of drug-likeness (QED) is 0.0432. The molecular weight excluding hydrogens is 1430 g/mol. The summed E-state index contributed by atoms with van der Waals surface area (Å²) in [4.78, 5) is 70.4. The summed E-state index contributed by atoms with van der Waals surface area (Å²) in [6.07, 6.45) is 15.4. The van der Waals surface area contributed by atoms with E-state index in [0.29, 0.717) is 66.0 Å². The third-order valence-electron chi connectivity index (χ3n) is 11.1. The Morgan fingerprint density at radius 2 is 0.844 bits per heavy atom. The molecule has 0 spiro atoms. The normalized spacial score (nSPS) is 10.8. The number of carbonyl (C=O) groups is 4. The van der Waals surface area contributed by atoms with Gasteiger partial charge in [-0.05, 0) is 211 Å². The molecule has 0 bridgehead atoms. The maximum absolute atomic E-state index is 12.1. The summed E-state index contributed by atoms with van der Waals surface area (Å²) >= 11 is 10.7. The minimum Gasteiger partial charge on any atom is -0.504 e. The molecule has 478 valence electrons. The molecule has 2 amide bonds. The van der Waals surface area contributed by atoms with E-state index in [0.717, 1.165) is 33.0 Å². The van der Waals surface area contributed by atoms with Crippen molar-refractivity contribution in [3.05, 3.63) is 131 Å². The Morgan fingerprint density at radius 3 is 1.17 bits per heavy atom. The van der Waals surface area contributed by atoms with Crippen LogP contribution in [0.25, 0.3) is 6.08 Å². The van der Waals surface area contributed by atoms with Crippen molar-refractivity contribution < 1.29 is 45.0 Å². The number of nitrogen functional groups attached to an aromatic ring is 3. The van der Waals surface area contributed by atoms with Gasteiger partial charge < -0.3 is 41.6 Å². The maximum Gasteiger partial charge on any atom is 0.293 e. The third-order valence-corrected chi connectivity index (χ3v) is 14.1. The molecule has 8 N–H and O–H groups in total. The molecule has 7 rings (SSSR count). The Kier molecular flexibility index (Phi) is 36.0. The van der Waals surface area contributed by atoms with Crippen molar-refractivity contribution in [1.29, 1.82) is 0 Å². The molecule has 1 aliphatic rings. The van der Waals surface area contributed by atoms with E-state index >= 15 is 0 Å². The van der Waals surface area contributed by atoms with Crippen molar-refractivity contribution >= 4 is 107 Å². The molecule has 1 aliphatic heterocycles. The van der Waals surface area contributed by atoms with Crippen LogP contribution < -0.4 is 31.4 Å². The number of aromatic nitrogens is 6. The van der Waals surface area contributed by atoms with Gasteiger partial charge in [-0.1, -0.05) is 52.6 Å². The number of amides is 2. The molecule has 6 aromatic rings. The summed E-state index contributed by atoms with van der Waals surface area (Å²) in [6, 6.07) is 9.41. The van der Waals surface area contributed by atoms with Gasteiger partial charge in [-0.3, -0.25) is 24.1 Å². The number of aldehydes is 2. The number of phenols is 2. The number of hydrogen-bond acceptors (Lipinski definition) is 19. The number of aromatic hydroxyl groups is 2. The SMILES string of the molecule is C.C.C#CC#CC#CC#CC#CC#CC#CC#CC#CC#CC#CC#CC#CC.CC(Oc1cc(/C=C2\SC(=O)N(C)C2=O)c(Br)cc1O)c1cncnc1N.CC(Oc1cc(C=O)c(Br)cc1O)c1cncnc1N.Cc1cc(Br)c(C=O)cc1OC(C)c1cncnc1N.[2HH]. The fourth-order valence-corrected chi connectivity index (χ4v) is 8.83. The van der Waals surface area contributed by atoms with Gasteiger partial charge in [0, 0.05) is 99.0 Å². The first-order valence-electron chi connectivity index (χ1n) is 26.2. The minimum absolute atomic E-state index is 0. The van der Waals surface area contributed by atoms with Crippen LogP contribution in [0, 0.1) is 161 Å². The molecule has 1 saturated heterocycles. The fourth-order valence-electron chi connectivity index (χ4n) is 6.59. The van der Waals surface area contributed by atoms with Crippen LogP contribution in [0.1, 0.15) is 111 Å². The van der Waals surface area contributed by atoms with Gasteiger partial charge in [-0.2, -0.15) is 0 Å². The number of nitrogens with two attached hydrogens (primary N) is 3. The third kappa shape index (κ3) is 26.8. The highest BCUT2D eigenvalue weighted by atomic mass is 79.9. The Morgan fingerprint density at radius 1 is 0.531 bits per heavy atom. The van der Waals surface area contributed by atoms with Gasteiger partial charge >= 0.3 is 0 Å². The predicted octanol–water partition coefficient (Wildman–Crippen LogP) is 11.1. The molecule has 0 radical (unpaired) electrons. The van der Waals surface area contributed by atoms with E-state index < -0.39 is 12.2 Å². The van der Waals surface area contributed by atoms with Crippen LogP contribution in [-0.4, -0.2) is 75.8 Å². The smallest absolute Gasteiger partial charge is 0.293 e. The summed E-state index contributed by atoms with van der Waals surface area (Å²) in [6.45, 7) is 8.96. The Hall–Kier alpha value is -12.4. The Bertz CT molecular complexity index is 4730. The largest absolute Gasteiger partial charge is 0.504 e. The molecule has 0 aliphatic carbocycles. The van der Waals surface area contributed by atoms with Crippen molar-refractivity contribution in [2.75, 3.05) is 24.2 Å². The zero-order valence-electron chi connectivity index (χ0n) is 50.1. The molecule has 3 unspecified atom stereocenters. The lowest BCUT2D eigenvalue weighted by Gasteiger charge is -2.18. The highest BCUT2D eigenvalue weighted by molar-refractivity contribution is 9.11. The van der Waals surface area contributed by atoms with Crippen molar-refractivity contribution in [1.82, 2.24) is 34.8 Å². The van der Waals surface area contributed by atoms with Crippen molar-refractivity contribution in [2.24, 2.45) is 0 Å². The van der Waals surface area contributed by atoms with Gasteiger partial charge in [-0.25, -0.2) is 29.9 Å². The van der Waals surface area contributed by atoms with Crippen LogP contribution in [0.4, 0.5) is 22.2 Å². The van der Waals surface area contributed by atoms with Gasteiger partial charge in [0.1, 0.15) is 60.5 Å². The van der Waals surface area contributed by atoms with Crippen molar-refractivity contribution in [2.45, 2.75) is 67.8 Å². The Labute approximate surface area is 589 Å². The van der Waals surface area contributed by atoms with Crippen LogP contribution in [0.5, 0.6) is 28.7 Å².